The summed E-state index contributed by atoms with van der Waals surface area (Å²) in [7, 11) is 0. The number of carbonyl (C=O) groups excluding carboxylic acids is 2. The lowest BCUT2D eigenvalue weighted by atomic mass is 10.1. The average molecular weight is 358 g/mol. The van der Waals surface area contributed by atoms with Gasteiger partial charge < -0.3 is 10.6 Å². The fourth-order valence-corrected chi connectivity index (χ4v) is 3.13. The predicted molar refractivity (Wildman–Crippen MR) is 95.2 cm³/mol. The van der Waals surface area contributed by atoms with Gasteiger partial charge in [0.15, 0.2) is 0 Å². The molecule has 3 aromatic rings. The molecule has 0 spiro atoms. The molecule has 0 aliphatic rings. The van der Waals surface area contributed by atoms with Crippen molar-refractivity contribution in [3.05, 3.63) is 52.0 Å². The van der Waals surface area contributed by atoms with Gasteiger partial charge in [-0.15, -0.1) is 16.4 Å². The van der Waals surface area contributed by atoms with Gasteiger partial charge in [0.1, 0.15) is 5.69 Å². The van der Waals surface area contributed by atoms with Crippen molar-refractivity contribution in [2.24, 2.45) is 0 Å². The summed E-state index contributed by atoms with van der Waals surface area (Å²) in [6, 6.07) is 11.0. The Hall–Kier alpha value is -2.58. The van der Waals surface area contributed by atoms with Gasteiger partial charge in [0.05, 0.1) is 4.88 Å². The van der Waals surface area contributed by atoms with E-state index in [-0.39, 0.29) is 18.2 Å². The third-order valence-electron chi connectivity index (χ3n) is 3.21. The maximum Gasteiger partial charge on any atom is 0.261 e. The van der Waals surface area contributed by atoms with Crippen LogP contribution in [0.3, 0.4) is 0 Å². The molecule has 6 nitrogen and oxygen atoms in total. The van der Waals surface area contributed by atoms with E-state index in [4.69, 9.17) is 0 Å². The smallest absolute Gasteiger partial charge is 0.261 e. The van der Waals surface area contributed by atoms with Crippen molar-refractivity contribution in [3.8, 4) is 11.3 Å². The lowest BCUT2D eigenvalue weighted by Crippen LogP contribution is -2.27. The highest BCUT2D eigenvalue weighted by molar-refractivity contribution is 7.12. The Morgan fingerprint density at radius 2 is 1.96 bits per heavy atom. The van der Waals surface area contributed by atoms with Gasteiger partial charge in [0, 0.05) is 29.6 Å². The molecule has 0 unspecified atom stereocenters. The molecule has 0 fully saturated rings. The van der Waals surface area contributed by atoms with Crippen LogP contribution in [-0.2, 0) is 4.79 Å². The van der Waals surface area contributed by atoms with E-state index in [9.17, 15) is 9.59 Å². The van der Waals surface area contributed by atoms with Gasteiger partial charge >= 0.3 is 0 Å². The van der Waals surface area contributed by atoms with Crippen LogP contribution in [-0.4, -0.2) is 27.9 Å². The zero-order valence-electron chi connectivity index (χ0n) is 12.6. The molecule has 1 aromatic carbocycles. The number of aromatic nitrogens is 2. The first-order valence-corrected chi connectivity index (χ1v) is 8.93. The van der Waals surface area contributed by atoms with Gasteiger partial charge in [0.2, 0.25) is 5.91 Å². The van der Waals surface area contributed by atoms with E-state index in [0.717, 1.165) is 11.3 Å². The normalized spacial score (nSPS) is 10.3. The highest BCUT2D eigenvalue weighted by Gasteiger charge is 2.08. The van der Waals surface area contributed by atoms with E-state index in [1.165, 1.54) is 22.9 Å². The van der Waals surface area contributed by atoms with E-state index < -0.39 is 0 Å². The minimum Gasteiger partial charge on any atom is -0.351 e. The Labute approximate surface area is 146 Å². The summed E-state index contributed by atoms with van der Waals surface area (Å²) in [5, 5.41) is 13.2. The van der Waals surface area contributed by atoms with Crippen molar-refractivity contribution in [2.75, 3.05) is 11.9 Å². The molecule has 0 radical (unpaired) electrons. The summed E-state index contributed by atoms with van der Waals surface area (Å²) in [5.74, 6) is -0.302. The van der Waals surface area contributed by atoms with Crippen LogP contribution in [0.5, 0.6) is 0 Å². The van der Waals surface area contributed by atoms with Crippen LogP contribution >= 0.6 is 22.9 Å². The lowest BCUT2D eigenvalue weighted by molar-refractivity contribution is -0.116. The summed E-state index contributed by atoms with van der Waals surface area (Å²) in [4.78, 5) is 24.3. The molecule has 122 valence electrons. The van der Waals surface area contributed by atoms with Gasteiger partial charge in [-0.1, -0.05) is 22.7 Å². The number of benzene rings is 1. The molecule has 0 bridgehead atoms. The molecule has 0 aliphatic heterocycles. The maximum absolute atomic E-state index is 11.9. The molecular formula is C16H14N4O2S2. The number of hydrogen-bond acceptors (Lipinski definition) is 6. The monoisotopic (exact) mass is 358 g/mol. The molecule has 2 aromatic heterocycles. The van der Waals surface area contributed by atoms with Crippen LogP contribution in [0.25, 0.3) is 11.3 Å². The van der Waals surface area contributed by atoms with Gasteiger partial charge in [-0.2, -0.15) is 0 Å². The summed E-state index contributed by atoms with van der Waals surface area (Å²) in [5.41, 5.74) is 2.47. The lowest BCUT2D eigenvalue weighted by Gasteiger charge is -2.06. The second-order valence-corrected chi connectivity index (χ2v) is 6.46. The Kier molecular flexibility index (Phi) is 5.29. The van der Waals surface area contributed by atoms with Gasteiger partial charge in [-0.3, -0.25) is 9.59 Å². The number of amides is 2. The Morgan fingerprint density at radius 1 is 1.12 bits per heavy atom. The SMILES string of the molecule is O=C(CCNC(=O)c1cccs1)Nc1ccc(-c2csnn2)cc1. The second-order valence-electron chi connectivity index (χ2n) is 4.90. The zero-order valence-corrected chi connectivity index (χ0v) is 14.2. The molecule has 0 aliphatic carbocycles. The van der Waals surface area contributed by atoms with E-state index >= 15 is 0 Å². The fourth-order valence-electron chi connectivity index (χ4n) is 2.02. The number of hydrogen-bond donors (Lipinski definition) is 2. The average Bonchev–Trinajstić information content (AvgIpc) is 3.29. The van der Waals surface area contributed by atoms with Crippen molar-refractivity contribution in [2.45, 2.75) is 6.42 Å². The number of nitrogens with one attached hydrogen (secondary N) is 2. The molecule has 3 rings (SSSR count). The highest BCUT2D eigenvalue weighted by atomic mass is 32.1. The first-order valence-electron chi connectivity index (χ1n) is 7.21. The molecular weight excluding hydrogens is 344 g/mol. The van der Waals surface area contributed by atoms with Crippen LogP contribution < -0.4 is 10.6 Å². The topological polar surface area (TPSA) is 84.0 Å². The number of carbonyl (C=O) groups is 2. The molecule has 0 atom stereocenters. The highest BCUT2D eigenvalue weighted by Crippen LogP contribution is 2.20. The number of thiophene rings is 1. The van der Waals surface area contributed by atoms with E-state index in [1.807, 2.05) is 41.1 Å². The molecule has 0 saturated carbocycles. The van der Waals surface area contributed by atoms with Crippen molar-refractivity contribution in [1.29, 1.82) is 0 Å². The molecule has 24 heavy (non-hydrogen) atoms. The van der Waals surface area contributed by atoms with Crippen LogP contribution in [0.1, 0.15) is 16.1 Å². The Balaban J connectivity index is 1.46. The molecule has 8 heteroatoms. The van der Waals surface area contributed by atoms with Gasteiger partial charge in [0.25, 0.3) is 5.91 Å². The third kappa shape index (κ3) is 4.24. The van der Waals surface area contributed by atoms with Crippen molar-refractivity contribution in [3.63, 3.8) is 0 Å². The molecule has 2 amide bonds. The van der Waals surface area contributed by atoms with Crippen LogP contribution in [0.4, 0.5) is 5.69 Å². The molecule has 2 heterocycles. The largest absolute Gasteiger partial charge is 0.351 e. The predicted octanol–water partition coefficient (Wildman–Crippen LogP) is 3.03. The minimum absolute atomic E-state index is 0.149. The second kappa shape index (κ2) is 7.80. The molecule has 2 N–H and O–H groups in total. The first kappa shape index (κ1) is 16.3. The minimum atomic E-state index is -0.154. The standard InChI is InChI=1S/C16H14N4O2S2/c21-15(7-8-17-16(22)14-2-1-9-23-14)18-12-5-3-11(4-6-12)13-10-24-20-19-13/h1-6,9-10H,7-8H2,(H,17,22)(H,18,21). The first-order chi connectivity index (χ1) is 11.7. The van der Waals surface area contributed by atoms with Crippen LogP contribution in [0.2, 0.25) is 0 Å². The van der Waals surface area contributed by atoms with Crippen molar-refractivity contribution >= 4 is 40.4 Å². The van der Waals surface area contributed by atoms with E-state index in [0.29, 0.717) is 17.1 Å². The van der Waals surface area contributed by atoms with Crippen LogP contribution in [0.15, 0.2) is 47.2 Å². The molecule has 0 saturated heterocycles. The summed E-state index contributed by atoms with van der Waals surface area (Å²) >= 11 is 2.67. The number of rotatable bonds is 6. The number of anilines is 1. The van der Waals surface area contributed by atoms with Crippen molar-refractivity contribution in [1.82, 2.24) is 14.9 Å². The van der Waals surface area contributed by atoms with Crippen molar-refractivity contribution < 1.29 is 9.59 Å². The quantitative estimate of drug-likeness (QED) is 0.709. The summed E-state index contributed by atoms with van der Waals surface area (Å²) in [6.07, 6.45) is 0.217. The van der Waals surface area contributed by atoms with E-state index in [1.54, 1.807) is 6.07 Å². The van der Waals surface area contributed by atoms with Gasteiger partial charge in [-0.25, -0.2) is 0 Å². The van der Waals surface area contributed by atoms with Crippen LogP contribution in [0, 0.1) is 0 Å². The Morgan fingerprint density at radius 3 is 2.62 bits per heavy atom. The van der Waals surface area contributed by atoms with Gasteiger partial charge in [-0.05, 0) is 35.1 Å². The summed E-state index contributed by atoms with van der Waals surface area (Å²) < 4.78 is 3.82. The maximum atomic E-state index is 11.9. The third-order valence-corrected chi connectivity index (χ3v) is 4.58. The fraction of sp³-hybridized carbons (Fsp3) is 0.125. The Bertz CT molecular complexity index is 799. The zero-order chi connectivity index (χ0) is 16.8. The number of nitrogens with zero attached hydrogens (tertiary/aromatic N) is 2. The van der Waals surface area contributed by atoms with E-state index in [2.05, 4.69) is 20.2 Å². The summed E-state index contributed by atoms with van der Waals surface area (Å²) in [6.45, 7) is 0.297.